The number of amides is 1. The number of nitrogens with zero attached hydrogens (tertiary/aromatic N) is 5. The molecular formula is C24H17FN6O. The predicted molar refractivity (Wildman–Crippen MR) is 119 cm³/mol. The first-order valence-corrected chi connectivity index (χ1v) is 9.91. The number of aryl methyl sites for hydroxylation is 1. The highest BCUT2D eigenvalue weighted by Gasteiger charge is 2.15. The summed E-state index contributed by atoms with van der Waals surface area (Å²) in [6, 6.07) is 22.5. The number of hydrogen-bond acceptors (Lipinski definition) is 5. The highest BCUT2D eigenvalue weighted by Crippen LogP contribution is 2.26. The fraction of sp³-hybridized carbons (Fsp3) is 0.0417. The molecule has 3 aromatic carbocycles. The summed E-state index contributed by atoms with van der Waals surface area (Å²) < 4.78 is 15.0. The molecule has 0 unspecified atom stereocenters. The average Bonchev–Trinajstić information content (AvgIpc) is 3.25. The molecule has 2 heterocycles. The van der Waals surface area contributed by atoms with Crippen molar-refractivity contribution in [1.29, 1.82) is 0 Å². The highest BCUT2D eigenvalue weighted by atomic mass is 19.1. The lowest BCUT2D eigenvalue weighted by Crippen LogP contribution is -2.13. The van der Waals surface area contributed by atoms with Gasteiger partial charge in [-0.1, -0.05) is 24.3 Å². The van der Waals surface area contributed by atoms with Crippen molar-refractivity contribution in [1.82, 2.24) is 25.2 Å². The second-order valence-electron chi connectivity index (χ2n) is 7.22. The van der Waals surface area contributed by atoms with Crippen molar-refractivity contribution in [2.24, 2.45) is 0 Å². The Labute approximate surface area is 182 Å². The van der Waals surface area contributed by atoms with Gasteiger partial charge in [0.2, 0.25) is 0 Å². The molecule has 0 aliphatic carbocycles. The molecule has 0 saturated carbocycles. The van der Waals surface area contributed by atoms with E-state index < -0.39 is 0 Å². The third kappa shape index (κ3) is 3.69. The van der Waals surface area contributed by atoms with Crippen LogP contribution in [0.25, 0.3) is 27.8 Å². The first-order valence-electron chi connectivity index (χ1n) is 9.91. The van der Waals surface area contributed by atoms with Gasteiger partial charge in [0.15, 0.2) is 5.82 Å². The third-order valence-corrected chi connectivity index (χ3v) is 5.07. The molecule has 0 spiro atoms. The van der Waals surface area contributed by atoms with Crippen LogP contribution in [0.1, 0.15) is 16.2 Å². The highest BCUT2D eigenvalue weighted by molar-refractivity contribution is 6.13. The Hall–Kier alpha value is -4.46. The average molecular weight is 424 g/mol. The number of carbonyl (C=O) groups excluding carboxylic acids is 1. The standard InChI is InChI=1S/C24H17FN6O/c1-15-28-29-30-31(15)19-6-4-5-18(13-19)26-24(32)21-14-23(16-9-11-17(25)12-10-16)27-22-8-3-2-7-20(21)22/h2-14H,1H3,(H,26,32). The summed E-state index contributed by atoms with van der Waals surface area (Å²) in [7, 11) is 0. The zero-order valence-corrected chi connectivity index (χ0v) is 17.0. The van der Waals surface area contributed by atoms with Gasteiger partial charge in [0, 0.05) is 16.6 Å². The summed E-state index contributed by atoms with van der Waals surface area (Å²) in [5.41, 5.74) is 3.80. The minimum atomic E-state index is -0.329. The number of carbonyl (C=O) groups is 1. The van der Waals surface area contributed by atoms with Gasteiger partial charge in [-0.2, -0.15) is 4.68 Å². The Bertz CT molecular complexity index is 1440. The lowest BCUT2D eigenvalue weighted by Gasteiger charge is -2.11. The lowest BCUT2D eigenvalue weighted by molar-refractivity contribution is 0.102. The number of fused-ring (bicyclic) bond motifs is 1. The summed E-state index contributed by atoms with van der Waals surface area (Å²) in [6.45, 7) is 1.80. The zero-order valence-electron chi connectivity index (χ0n) is 17.0. The maximum Gasteiger partial charge on any atom is 0.256 e. The number of halogens is 1. The normalized spacial score (nSPS) is 10.9. The van der Waals surface area contributed by atoms with Crippen molar-refractivity contribution in [3.8, 4) is 16.9 Å². The van der Waals surface area contributed by atoms with Gasteiger partial charge >= 0.3 is 0 Å². The molecule has 0 bridgehead atoms. The largest absolute Gasteiger partial charge is 0.322 e. The maximum absolute atomic E-state index is 13.4. The molecule has 5 rings (SSSR count). The van der Waals surface area contributed by atoms with E-state index in [0.717, 1.165) is 16.6 Å². The first kappa shape index (κ1) is 19.5. The van der Waals surface area contributed by atoms with Crippen molar-refractivity contribution in [3.05, 3.63) is 96.1 Å². The summed E-state index contributed by atoms with van der Waals surface area (Å²) in [6.07, 6.45) is 0. The molecular weight excluding hydrogens is 407 g/mol. The molecule has 156 valence electrons. The number of anilines is 1. The fourth-order valence-corrected chi connectivity index (χ4v) is 3.52. The number of nitrogens with one attached hydrogen (secondary N) is 1. The summed E-state index contributed by atoms with van der Waals surface area (Å²) in [5.74, 6) is 0.0281. The van der Waals surface area contributed by atoms with E-state index in [1.165, 1.54) is 12.1 Å². The number of hydrogen-bond donors (Lipinski definition) is 1. The van der Waals surface area contributed by atoms with Crippen molar-refractivity contribution in [2.75, 3.05) is 5.32 Å². The molecule has 8 heteroatoms. The van der Waals surface area contributed by atoms with Crippen LogP contribution in [0.15, 0.2) is 78.9 Å². The van der Waals surface area contributed by atoms with Gasteiger partial charge < -0.3 is 5.32 Å². The van der Waals surface area contributed by atoms with Gasteiger partial charge in [0.05, 0.1) is 22.5 Å². The maximum atomic E-state index is 13.4. The minimum absolute atomic E-state index is 0.280. The fourth-order valence-electron chi connectivity index (χ4n) is 3.52. The molecule has 0 radical (unpaired) electrons. The van der Waals surface area contributed by atoms with E-state index in [1.54, 1.807) is 41.9 Å². The number of rotatable bonds is 4. The van der Waals surface area contributed by atoms with Gasteiger partial charge in [-0.15, -0.1) is 5.10 Å². The van der Waals surface area contributed by atoms with E-state index in [-0.39, 0.29) is 11.7 Å². The van der Waals surface area contributed by atoms with E-state index in [9.17, 15) is 9.18 Å². The molecule has 0 aliphatic heterocycles. The number of pyridine rings is 1. The Morgan fingerprint density at radius 3 is 2.56 bits per heavy atom. The number of para-hydroxylation sites is 1. The molecule has 1 N–H and O–H groups in total. The Kier molecular flexibility index (Phi) is 4.87. The first-order chi connectivity index (χ1) is 15.6. The molecule has 32 heavy (non-hydrogen) atoms. The third-order valence-electron chi connectivity index (χ3n) is 5.07. The quantitative estimate of drug-likeness (QED) is 0.457. The lowest BCUT2D eigenvalue weighted by atomic mass is 10.0. The predicted octanol–water partition coefficient (Wildman–Crippen LogP) is 4.58. The van der Waals surface area contributed by atoms with Crippen LogP contribution in [0.4, 0.5) is 10.1 Å². The number of aromatic nitrogens is 5. The van der Waals surface area contributed by atoms with E-state index in [2.05, 4.69) is 25.8 Å². The van der Waals surface area contributed by atoms with E-state index >= 15 is 0 Å². The van der Waals surface area contributed by atoms with Crippen molar-refractivity contribution in [3.63, 3.8) is 0 Å². The number of benzene rings is 3. The monoisotopic (exact) mass is 424 g/mol. The second kappa shape index (κ2) is 7.99. The number of tetrazole rings is 1. The van der Waals surface area contributed by atoms with Crippen molar-refractivity contribution in [2.45, 2.75) is 6.92 Å². The molecule has 0 saturated heterocycles. The van der Waals surface area contributed by atoms with Gasteiger partial charge in [0.1, 0.15) is 5.82 Å². The SMILES string of the molecule is Cc1nnnn1-c1cccc(NC(=O)c2cc(-c3ccc(F)cc3)nc3ccccc23)c1. The molecule has 0 aliphatic rings. The molecule has 5 aromatic rings. The van der Waals surface area contributed by atoms with Crippen LogP contribution in [0.3, 0.4) is 0 Å². The van der Waals surface area contributed by atoms with Crippen LogP contribution in [-0.2, 0) is 0 Å². The van der Waals surface area contributed by atoms with Crippen LogP contribution in [0, 0.1) is 12.7 Å². The second-order valence-corrected chi connectivity index (χ2v) is 7.22. The van der Waals surface area contributed by atoms with E-state index in [0.29, 0.717) is 28.3 Å². The topological polar surface area (TPSA) is 85.6 Å². The summed E-state index contributed by atoms with van der Waals surface area (Å²) >= 11 is 0. The van der Waals surface area contributed by atoms with Gasteiger partial charge in [0.25, 0.3) is 5.91 Å². The van der Waals surface area contributed by atoms with Crippen LogP contribution in [0.2, 0.25) is 0 Å². The Morgan fingerprint density at radius 2 is 1.78 bits per heavy atom. The molecule has 0 fully saturated rings. The van der Waals surface area contributed by atoms with Gasteiger partial charge in [-0.3, -0.25) is 4.79 Å². The van der Waals surface area contributed by atoms with Crippen LogP contribution in [-0.4, -0.2) is 31.1 Å². The van der Waals surface area contributed by atoms with Crippen LogP contribution < -0.4 is 5.32 Å². The zero-order chi connectivity index (χ0) is 22.1. The molecule has 7 nitrogen and oxygen atoms in total. The minimum Gasteiger partial charge on any atom is -0.322 e. The summed E-state index contributed by atoms with van der Waals surface area (Å²) in [4.78, 5) is 17.9. The van der Waals surface area contributed by atoms with E-state index in [1.807, 2.05) is 36.4 Å². The van der Waals surface area contributed by atoms with Crippen LogP contribution in [0.5, 0.6) is 0 Å². The molecule has 1 amide bonds. The Morgan fingerprint density at radius 1 is 0.969 bits per heavy atom. The van der Waals surface area contributed by atoms with Gasteiger partial charge in [-0.25, -0.2) is 9.37 Å². The molecule has 2 aromatic heterocycles. The Balaban J connectivity index is 1.53. The van der Waals surface area contributed by atoms with Gasteiger partial charge in [-0.05, 0) is 71.9 Å². The summed E-state index contributed by atoms with van der Waals surface area (Å²) in [5, 5.41) is 15.2. The van der Waals surface area contributed by atoms with E-state index in [4.69, 9.17) is 0 Å². The van der Waals surface area contributed by atoms with Crippen LogP contribution >= 0.6 is 0 Å². The van der Waals surface area contributed by atoms with Crippen molar-refractivity contribution >= 4 is 22.5 Å². The smallest absolute Gasteiger partial charge is 0.256 e. The molecule has 0 atom stereocenters. The van der Waals surface area contributed by atoms with Crippen molar-refractivity contribution < 1.29 is 9.18 Å².